The maximum Gasteiger partial charge on any atom is 0.416 e. The highest BCUT2D eigenvalue weighted by Crippen LogP contribution is 2.30. The van der Waals surface area contributed by atoms with Crippen molar-refractivity contribution in [2.24, 2.45) is 0 Å². The predicted molar refractivity (Wildman–Crippen MR) is 76.6 cm³/mol. The smallest absolute Gasteiger partial charge is 0.207 e. The third-order valence-corrected chi connectivity index (χ3v) is 4.58. The van der Waals surface area contributed by atoms with E-state index in [-0.39, 0.29) is 6.54 Å². The molecule has 7 heteroatoms. The van der Waals surface area contributed by atoms with E-state index in [0.717, 1.165) is 29.3 Å². The standard InChI is InChI=1S/C15H14F3NO2S/c1-11-5-2-3-6-12(11)10-19-22(20,21)14-8-4-7-13(9-14)15(16,17)18/h2-9,19H,10H2,1H3. The van der Waals surface area contributed by atoms with E-state index in [1.807, 2.05) is 19.1 Å². The SMILES string of the molecule is Cc1ccccc1CNS(=O)(=O)c1cccc(C(F)(F)F)c1. The number of hydrogen-bond donors (Lipinski definition) is 1. The van der Waals surface area contributed by atoms with Crippen LogP contribution < -0.4 is 4.72 Å². The van der Waals surface area contributed by atoms with E-state index in [0.29, 0.717) is 6.07 Å². The van der Waals surface area contributed by atoms with Gasteiger partial charge < -0.3 is 0 Å². The van der Waals surface area contributed by atoms with Crippen LogP contribution >= 0.6 is 0 Å². The van der Waals surface area contributed by atoms with Crippen LogP contribution in [0.3, 0.4) is 0 Å². The minimum absolute atomic E-state index is 0.0191. The van der Waals surface area contributed by atoms with Crippen LogP contribution in [0.1, 0.15) is 16.7 Å². The summed E-state index contributed by atoms with van der Waals surface area (Å²) >= 11 is 0. The Morgan fingerprint density at radius 2 is 1.73 bits per heavy atom. The molecular weight excluding hydrogens is 315 g/mol. The highest BCUT2D eigenvalue weighted by Gasteiger charge is 2.31. The third kappa shape index (κ3) is 3.86. The normalized spacial score (nSPS) is 12.4. The fourth-order valence-electron chi connectivity index (χ4n) is 1.90. The van der Waals surface area contributed by atoms with Crippen molar-refractivity contribution < 1.29 is 21.6 Å². The molecular formula is C15H14F3NO2S. The van der Waals surface area contributed by atoms with Crippen LogP contribution in [0.2, 0.25) is 0 Å². The zero-order valence-corrected chi connectivity index (χ0v) is 12.5. The van der Waals surface area contributed by atoms with Gasteiger partial charge in [-0.1, -0.05) is 30.3 Å². The molecule has 3 nitrogen and oxygen atoms in total. The van der Waals surface area contributed by atoms with Crippen molar-refractivity contribution in [2.75, 3.05) is 0 Å². The minimum atomic E-state index is -4.58. The Morgan fingerprint density at radius 3 is 2.36 bits per heavy atom. The fraction of sp³-hybridized carbons (Fsp3) is 0.200. The Balaban J connectivity index is 2.23. The van der Waals surface area contributed by atoms with Crippen LogP contribution in [0.4, 0.5) is 13.2 Å². The lowest BCUT2D eigenvalue weighted by Crippen LogP contribution is -2.24. The Morgan fingerprint density at radius 1 is 1.05 bits per heavy atom. The van der Waals surface area contributed by atoms with Crippen LogP contribution in [0.15, 0.2) is 53.4 Å². The predicted octanol–water partition coefficient (Wildman–Crippen LogP) is 3.49. The minimum Gasteiger partial charge on any atom is -0.207 e. The molecule has 0 radical (unpaired) electrons. The summed E-state index contributed by atoms with van der Waals surface area (Å²) in [5.74, 6) is 0. The summed E-state index contributed by atoms with van der Waals surface area (Å²) in [6.07, 6.45) is -4.58. The second kappa shape index (κ2) is 6.10. The molecule has 0 saturated carbocycles. The summed E-state index contributed by atoms with van der Waals surface area (Å²) in [7, 11) is -4.01. The molecule has 2 rings (SSSR count). The Labute approximate surface area is 126 Å². The highest BCUT2D eigenvalue weighted by molar-refractivity contribution is 7.89. The number of hydrogen-bond acceptors (Lipinski definition) is 2. The van der Waals surface area contributed by atoms with Crippen LogP contribution in [0.5, 0.6) is 0 Å². The van der Waals surface area contributed by atoms with Crippen molar-refractivity contribution in [1.82, 2.24) is 4.72 Å². The summed E-state index contributed by atoms with van der Waals surface area (Å²) in [6, 6.07) is 10.8. The summed E-state index contributed by atoms with van der Waals surface area (Å²) in [5, 5.41) is 0. The molecule has 0 spiro atoms. The molecule has 118 valence electrons. The molecule has 1 N–H and O–H groups in total. The number of benzene rings is 2. The lowest BCUT2D eigenvalue weighted by molar-refractivity contribution is -0.137. The van der Waals surface area contributed by atoms with Crippen molar-refractivity contribution in [3.63, 3.8) is 0 Å². The summed E-state index contributed by atoms with van der Waals surface area (Å²) in [5.41, 5.74) is 0.665. The molecule has 0 amide bonds. The van der Waals surface area contributed by atoms with E-state index in [1.54, 1.807) is 12.1 Å². The van der Waals surface area contributed by atoms with Gasteiger partial charge in [0.1, 0.15) is 0 Å². The first-order chi connectivity index (χ1) is 10.2. The quantitative estimate of drug-likeness (QED) is 0.933. The van der Waals surface area contributed by atoms with E-state index in [1.165, 1.54) is 0 Å². The molecule has 0 aromatic heterocycles. The van der Waals surface area contributed by atoms with Crippen molar-refractivity contribution in [3.8, 4) is 0 Å². The van der Waals surface area contributed by atoms with Crippen molar-refractivity contribution in [1.29, 1.82) is 0 Å². The van der Waals surface area contributed by atoms with Gasteiger partial charge in [-0.15, -0.1) is 0 Å². The lowest BCUT2D eigenvalue weighted by Gasteiger charge is -2.11. The third-order valence-electron chi connectivity index (χ3n) is 3.19. The number of alkyl halides is 3. The summed E-state index contributed by atoms with van der Waals surface area (Å²) < 4.78 is 64.5. The van der Waals surface area contributed by atoms with Gasteiger partial charge in [-0.3, -0.25) is 0 Å². The van der Waals surface area contributed by atoms with Gasteiger partial charge in [-0.25, -0.2) is 13.1 Å². The van der Waals surface area contributed by atoms with Crippen LogP contribution in [-0.4, -0.2) is 8.42 Å². The van der Waals surface area contributed by atoms with Gasteiger partial charge in [-0.05, 0) is 36.2 Å². The molecule has 0 aliphatic carbocycles. The second-order valence-corrected chi connectivity index (χ2v) is 6.54. The Bertz CT molecular complexity index is 770. The van der Waals surface area contributed by atoms with Gasteiger partial charge in [0.05, 0.1) is 10.5 Å². The monoisotopic (exact) mass is 329 g/mol. The number of nitrogens with one attached hydrogen (secondary N) is 1. The molecule has 0 aliphatic heterocycles. The van der Waals surface area contributed by atoms with Gasteiger partial charge >= 0.3 is 6.18 Å². The molecule has 22 heavy (non-hydrogen) atoms. The molecule has 0 heterocycles. The van der Waals surface area contributed by atoms with E-state index in [9.17, 15) is 21.6 Å². The van der Waals surface area contributed by atoms with E-state index in [4.69, 9.17) is 0 Å². The molecule has 0 atom stereocenters. The zero-order valence-electron chi connectivity index (χ0n) is 11.7. The lowest BCUT2D eigenvalue weighted by atomic mass is 10.1. The van der Waals surface area contributed by atoms with Crippen molar-refractivity contribution in [3.05, 3.63) is 65.2 Å². The highest BCUT2D eigenvalue weighted by atomic mass is 32.2. The second-order valence-electron chi connectivity index (χ2n) is 4.78. The van der Waals surface area contributed by atoms with Gasteiger partial charge in [0, 0.05) is 6.54 Å². The van der Waals surface area contributed by atoms with E-state index in [2.05, 4.69) is 4.72 Å². The first-order valence-electron chi connectivity index (χ1n) is 6.41. The zero-order chi connectivity index (χ0) is 16.4. The maximum absolute atomic E-state index is 12.6. The summed E-state index contributed by atoms with van der Waals surface area (Å²) in [6.45, 7) is 1.85. The van der Waals surface area contributed by atoms with Gasteiger partial charge in [-0.2, -0.15) is 13.2 Å². The number of aryl methyl sites for hydroxylation is 1. The van der Waals surface area contributed by atoms with Crippen LogP contribution in [0.25, 0.3) is 0 Å². The Kier molecular flexibility index (Phi) is 4.58. The topological polar surface area (TPSA) is 46.2 Å². The average molecular weight is 329 g/mol. The van der Waals surface area contributed by atoms with E-state index < -0.39 is 26.7 Å². The fourth-order valence-corrected chi connectivity index (χ4v) is 2.96. The number of rotatable bonds is 4. The largest absolute Gasteiger partial charge is 0.416 e. The molecule has 0 aliphatic rings. The maximum atomic E-state index is 12.6. The molecule has 0 saturated heterocycles. The molecule has 2 aromatic rings. The Hall–Kier alpha value is -1.86. The van der Waals surface area contributed by atoms with Crippen LogP contribution in [0, 0.1) is 6.92 Å². The number of halogens is 3. The van der Waals surface area contributed by atoms with Crippen molar-refractivity contribution >= 4 is 10.0 Å². The van der Waals surface area contributed by atoms with Gasteiger partial charge in [0.15, 0.2) is 0 Å². The average Bonchev–Trinajstić information content (AvgIpc) is 2.46. The van der Waals surface area contributed by atoms with Gasteiger partial charge in [0.2, 0.25) is 10.0 Å². The van der Waals surface area contributed by atoms with Crippen molar-refractivity contribution in [2.45, 2.75) is 24.5 Å². The van der Waals surface area contributed by atoms with E-state index >= 15 is 0 Å². The summed E-state index contributed by atoms with van der Waals surface area (Å²) in [4.78, 5) is -0.407. The van der Waals surface area contributed by atoms with Crippen LogP contribution in [-0.2, 0) is 22.7 Å². The molecule has 2 aromatic carbocycles. The first-order valence-corrected chi connectivity index (χ1v) is 7.90. The van der Waals surface area contributed by atoms with Gasteiger partial charge in [0.25, 0.3) is 0 Å². The molecule has 0 unspecified atom stereocenters. The first kappa shape index (κ1) is 16.5. The number of sulfonamides is 1. The molecule has 0 bridgehead atoms. The molecule has 0 fully saturated rings.